The standard InChI is InChI=1S/C12H11FN2.ClH/c13-12-8-11(14)6-7-15(12)9-10-4-2-1-3-5-10;/h1-8,14H,9H2;1H. The Balaban J connectivity index is 0.00000128. The normalized spacial score (nSPS) is 9.56. The molecule has 0 bridgehead atoms. The van der Waals surface area contributed by atoms with Crippen LogP contribution >= 0.6 is 0 Å². The molecule has 4 heteroatoms. The summed E-state index contributed by atoms with van der Waals surface area (Å²) in [7, 11) is 0. The van der Waals surface area contributed by atoms with E-state index in [4.69, 9.17) is 5.73 Å². The summed E-state index contributed by atoms with van der Waals surface area (Å²) in [5.74, 6) is -0.321. The van der Waals surface area contributed by atoms with Gasteiger partial charge in [-0.3, -0.25) is 0 Å². The van der Waals surface area contributed by atoms with Crippen molar-refractivity contribution in [2.24, 2.45) is 0 Å². The van der Waals surface area contributed by atoms with Crippen molar-refractivity contribution in [2.75, 3.05) is 5.73 Å². The minimum atomic E-state index is -0.321. The summed E-state index contributed by atoms with van der Waals surface area (Å²) in [5, 5.41) is 0. The largest absolute Gasteiger partial charge is 1.00 e. The predicted molar refractivity (Wildman–Crippen MR) is 56.6 cm³/mol. The molecule has 0 spiro atoms. The van der Waals surface area contributed by atoms with E-state index in [2.05, 4.69) is 0 Å². The number of hydrogen-bond acceptors (Lipinski definition) is 1. The number of halogens is 2. The fraction of sp³-hybridized carbons (Fsp3) is 0.0833. The first-order valence-corrected chi connectivity index (χ1v) is 4.74. The van der Waals surface area contributed by atoms with Gasteiger partial charge in [-0.25, -0.2) is 0 Å². The Morgan fingerprint density at radius 3 is 2.44 bits per heavy atom. The molecule has 84 valence electrons. The number of anilines is 1. The van der Waals surface area contributed by atoms with Crippen LogP contribution in [0.15, 0.2) is 48.7 Å². The maximum atomic E-state index is 13.4. The Morgan fingerprint density at radius 1 is 1.12 bits per heavy atom. The number of hydrogen-bond donors (Lipinski definition) is 1. The van der Waals surface area contributed by atoms with E-state index in [1.54, 1.807) is 12.3 Å². The molecule has 1 aromatic carbocycles. The van der Waals surface area contributed by atoms with Crippen molar-refractivity contribution in [1.29, 1.82) is 0 Å². The quantitative estimate of drug-likeness (QED) is 0.514. The lowest BCUT2D eigenvalue weighted by Gasteiger charge is -1.99. The number of nitrogens with zero attached hydrogens (tertiary/aromatic N) is 1. The molecule has 2 aromatic rings. The minimum absolute atomic E-state index is 0. The average Bonchev–Trinajstić information content (AvgIpc) is 2.24. The summed E-state index contributed by atoms with van der Waals surface area (Å²) in [6.07, 6.45) is 1.65. The molecule has 0 radical (unpaired) electrons. The molecule has 0 saturated heterocycles. The Labute approximate surface area is 99.9 Å². The third-order valence-electron chi connectivity index (χ3n) is 2.20. The maximum absolute atomic E-state index is 13.4. The summed E-state index contributed by atoms with van der Waals surface area (Å²) < 4.78 is 14.9. The molecule has 2 nitrogen and oxygen atoms in total. The molecule has 2 rings (SSSR count). The zero-order chi connectivity index (χ0) is 10.7. The van der Waals surface area contributed by atoms with Crippen LogP contribution in [0.1, 0.15) is 5.56 Å². The first kappa shape index (κ1) is 12.5. The average molecular weight is 239 g/mol. The second-order valence-electron chi connectivity index (χ2n) is 3.40. The van der Waals surface area contributed by atoms with Gasteiger partial charge in [0.2, 0.25) is 0 Å². The molecule has 0 amide bonds. The molecule has 0 unspecified atom stereocenters. The van der Waals surface area contributed by atoms with Gasteiger partial charge in [-0.2, -0.15) is 4.57 Å². The molecule has 2 N–H and O–H groups in total. The van der Waals surface area contributed by atoms with Gasteiger partial charge in [0.25, 0.3) is 0 Å². The van der Waals surface area contributed by atoms with Crippen molar-refractivity contribution in [3.63, 3.8) is 0 Å². The van der Waals surface area contributed by atoms with Crippen LogP contribution in [0.2, 0.25) is 0 Å². The van der Waals surface area contributed by atoms with Crippen molar-refractivity contribution in [3.8, 4) is 0 Å². The lowest BCUT2D eigenvalue weighted by atomic mass is 10.2. The number of rotatable bonds is 2. The molecule has 16 heavy (non-hydrogen) atoms. The van der Waals surface area contributed by atoms with Crippen LogP contribution in [-0.2, 0) is 6.54 Å². The first-order valence-electron chi connectivity index (χ1n) is 4.74. The van der Waals surface area contributed by atoms with Gasteiger partial charge in [0.15, 0.2) is 12.7 Å². The van der Waals surface area contributed by atoms with E-state index >= 15 is 0 Å². The summed E-state index contributed by atoms with van der Waals surface area (Å²) in [5.41, 5.74) is 6.97. The molecule has 1 heterocycles. The van der Waals surface area contributed by atoms with Crippen molar-refractivity contribution in [2.45, 2.75) is 6.54 Å². The highest BCUT2D eigenvalue weighted by Gasteiger charge is 2.10. The Kier molecular flexibility index (Phi) is 4.26. The number of nitrogens with two attached hydrogens (primary N) is 1. The number of aromatic nitrogens is 1. The highest BCUT2D eigenvalue weighted by atomic mass is 35.5. The van der Waals surface area contributed by atoms with Crippen LogP contribution in [0.25, 0.3) is 0 Å². The van der Waals surface area contributed by atoms with Crippen molar-refractivity contribution in [3.05, 3.63) is 60.2 Å². The number of benzene rings is 1. The summed E-state index contributed by atoms with van der Waals surface area (Å²) in [4.78, 5) is 0. The molecule has 0 aliphatic carbocycles. The monoisotopic (exact) mass is 238 g/mol. The van der Waals surface area contributed by atoms with Crippen LogP contribution in [0.4, 0.5) is 10.1 Å². The molecule has 1 aromatic heterocycles. The van der Waals surface area contributed by atoms with Crippen LogP contribution in [0.5, 0.6) is 0 Å². The van der Waals surface area contributed by atoms with E-state index in [1.165, 1.54) is 10.6 Å². The second kappa shape index (κ2) is 5.47. The third kappa shape index (κ3) is 2.94. The van der Waals surface area contributed by atoms with Gasteiger partial charge >= 0.3 is 5.95 Å². The van der Waals surface area contributed by atoms with E-state index in [-0.39, 0.29) is 18.4 Å². The smallest absolute Gasteiger partial charge is 0.361 e. The van der Waals surface area contributed by atoms with E-state index < -0.39 is 0 Å². The molecule has 0 aliphatic heterocycles. The van der Waals surface area contributed by atoms with E-state index in [0.717, 1.165) is 5.56 Å². The number of pyridine rings is 1. The minimum Gasteiger partial charge on any atom is -1.00 e. The van der Waals surface area contributed by atoms with Crippen molar-refractivity contribution in [1.82, 2.24) is 0 Å². The van der Waals surface area contributed by atoms with E-state index in [0.29, 0.717) is 12.2 Å². The third-order valence-corrected chi connectivity index (χ3v) is 2.20. The summed E-state index contributed by atoms with van der Waals surface area (Å²) in [6.45, 7) is 0.521. The number of nitrogen functional groups attached to an aromatic ring is 1. The van der Waals surface area contributed by atoms with Gasteiger partial charge in [0, 0.05) is 17.3 Å². The van der Waals surface area contributed by atoms with Crippen molar-refractivity contribution < 1.29 is 21.4 Å². The Hall–Kier alpha value is -1.61. The molecular formula is C12H12ClFN2. The van der Waals surface area contributed by atoms with Gasteiger partial charge < -0.3 is 18.1 Å². The van der Waals surface area contributed by atoms with Gasteiger partial charge in [0.05, 0.1) is 6.07 Å². The Bertz CT molecular complexity index is 460. The first-order chi connectivity index (χ1) is 7.25. The fourth-order valence-corrected chi connectivity index (χ4v) is 1.42. The van der Waals surface area contributed by atoms with Crippen molar-refractivity contribution >= 4 is 5.69 Å². The van der Waals surface area contributed by atoms with E-state index in [1.807, 2.05) is 30.3 Å². The highest BCUT2D eigenvalue weighted by Crippen LogP contribution is 2.02. The van der Waals surface area contributed by atoms with Gasteiger partial charge in [0.1, 0.15) is 0 Å². The van der Waals surface area contributed by atoms with Gasteiger partial charge in [-0.1, -0.05) is 30.3 Å². The lowest BCUT2D eigenvalue weighted by molar-refractivity contribution is -0.715. The molecular weight excluding hydrogens is 227 g/mol. The van der Waals surface area contributed by atoms with E-state index in [9.17, 15) is 4.39 Å². The lowest BCUT2D eigenvalue weighted by Crippen LogP contribution is -3.00. The SMILES string of the molecule is Nc1cc[n+](Cc2ccccc2)c(F)c1.[Cl-]. The van der Waals surface area contributed by atoms with Crippen LogP contribution in [-0.4, -0.2) is 0 Å². The maximum Gasteiger partial charge on any atom is 0.361 e. The van der Waals surface area contributed by atoms with Crippen LogP contribution in [0, 0.1) is 5.95 Å². The van der Waals surface area contributed by atoms with Gasteiger partial charge in [-0.05, 0) is 0 Å². The zero-order valence-corrected chi connectivity index (χ0v) is 9.36. The Morgan fingerprint density at radius 2 is 1.81 bits per heavy atom. The summed E-state index contributed by atoms with van der Waals surface area (Å²) in [6, 6.07) is 12.7. The summed E-state index contributed by atoms with van der Waals surface area (Å²) >= 11 is 0. The van der Waals surface area contributed by atoms with Crippen LogP contribution < -0.4 is 22.7 Å². The van der Waals surface area contributed by atoms with Crippen LogP contribution in [0.3, 0.4) is 0 Å². The van der Waals surface area contributed by atoms with Gasteiger partial charge in [-0.15, -0.1) is 4.39 Å². The molecule has 0 saturated carbocycles. The predicted octanol–water partition coefficient (Wildman–Crippen LogP) is -1.25. The highest BCUT2D eigenvalue weighted by molar-refractivity contribution is 5.33. The zero-order valence-electron chi connectivity index (χ0n) is 8.61. The molecule has 0 fully saturated rings. The fourth-order valence-electron chi connectivity index (χ4n) is 1.42. The molecule has 0 atom stereocenters. The topological polar surface area (TPSA) is 29.9 Å². The molecule has 0 aliphatic rings. The second-order valence-corrected chi connectivity index (χ2v) is 3.40.